The Hall–Kier alpha value is -1.37. The van der Waals surface area contributed by atoms with Gasteiger partial charge in [-0.25, -0.2) is 9.97 Å². The molecule has 2 aromatic heterocycles. The smallest absolute Gasteiger partial charge is 0.355 e. The fourth-order valence-corrected chi connectivity index (χ4v) is 4.81. The van der Waals surface area contributed by atoms with E-state index in [4.69, 9.17) is 0 Å². The first kappa shape index (κ1) is 14.2. The lowest BCUT2D eigenvalue weighted by Crippen LogP contribution is -2.55. The summed E-state index contributed by atoms with van der Waals surface area (Å²) in [5.74, 6) is 0.798. The third-order valence-electron chi connectivity index (χ3n) is 4.75. The van der Waals surface area contributed by atoms with Gasteiger partial charge in [-0.1, -0.05) is 12.8 Å². The number of alkyl halides is 3. The van der Waals surface area contributed by atoms with Crippen LogP contribution < -0.4 is 4.90 Å². The molecule has 1 spiro atoms. The number of anilines is 1. The molecule has 3 nitrogen and oxygen atoms in total. The third kappa shape index (κ3) is 2.45. The zero-order valence-corrected chi connectivity index (χ0v) is 12.8. The van der Waals surface area contributed by atoms with Crippen molar-refractivity contribution < 1.29 is 13.2 Å². The van der Waals surface area contributed by atoms with Gasteiger partial charge in [0.1, 0.15) is 17.0 Å². The molecule has 7 heteroatoms. The van der Waals surface area contributed by atoms with Gasteiger partial charge in [-0.3, -0.25) is 0 Å². The van der Waals surface area contributed by atoms with E-state index >= 15 is 0 Å². The average molecular weight is 327 g/mol. The van der Waals surface area contributed by atoms with Crippen LogP contribution in [0.5, 0.6) is 0 Å². The van der Waals surface area contributed by atoms with E-state index in [1.165, 1.54) is 32.0 Å². The van der Waals surface area contributed by atoms with Crippen LogP contribution in [-0.4, -0.2) is 29.2 Å². The highest BCUT2D eigenvalue weighted by Gasteiger charge is 2.45. The van der Waals surface area contributed by atoms with Gasteiger partial charge in [0.2, 0.25) is 0 Å². The second-order valence-electron chi connectivity index (χ2n) is 6.48. The van der Waals surface area contributed by atoms with Crippen molar-refractivity contribution >= 4 is 27.4 Å². The van der Waals surface area contributed by atoms with E-state index < -0.39 is 12.6 Å². The first-order valence-electron chi connectivity index (χ1n) is 7.49. The van der Waals surface area contributed by atoms with Crippen molar-refractivity contribution in [3.63, 3.8) is 0 Å². The summed E-state index contributed by atoms with van der Waals surface area (Å²) in [4.78, 5) is 11.6. The van der Waals surface area contributed by atoms with Crippen LogP contribution in [0.4, 0.5) is 19.0 Å². The van der Waals surface area contributed by atoms with E-state index in [0.717, 1.165) is 35.6 Å². The minimum absolute atomic E-state index is 0.306. The molecule has 1 aliphatic heterocycles. The number of hydrogen-bond donors (Lipinski definition) is 0. The molecule has 1 aliphatic carbocycles. The van der Waals surface area contributed by atoms with Crippen molar-refractivity contribution in [3.8, 4) is 0 Å². The molecule has 4 rings (SSSR count). The topological polar surface area (TPSA) is 29.0 Å². The van der Waals surface area contributed by atoms with Crippen LogP contribution in [0.3, 0.4) is 0 Å². The Morgan fingerprint density at radius 1 is 1.18 bits per heavy atom. The van der Waals surface area contributed by atoms with Crippen molar-refractivity contribution in [1.29, 1.82) is 0 Å². The first-order valence-corrected chi connectivity index (χ1v) is 8.31. The van der Waals surface area contributed by atoms with Gasteiger partial charge < -0.3 is 4.90 Å². The van der Waals surface area contributed by atoms with Crippen molar-refractivity contribution in [2.45, 2.75) is 38.3 Å². The van der Waals surface area contributed by atoms with Gasteiger partial charge in [0.05, 0.1) is 11.8 Å². The molecule has 22 heavy (non-hydrogen) atoms. The van der Waals surface area contributed by atoms with E-state index in [9.17, 15) is 13.2 Å². The molecule has 0 unspecified atom stereocenters. The van der Waals surface area contributed by atoms with Crippen LogP contribution in [0.1, 0.15) is 30.6 Å². The Bertz CT molecular complexity index is 696. The molecule has 0 radical (unpaired) electrons. The summed E-state index contributed by atoms with van der Waals surface area (Å²) in [5, 5.41) is 0.764. The van der Waals surface area contributed by atoms with Gasteiger partial charge in [-0.05, 0) is 18.9 Å². The fourth-order valence-electron chi connectivity index (χ4n) is 3.78. The SMILES string of the molecule is FC(F)(F)Cc1cc2c(N3CC4(CCCC4)C3)ncnc2s1. The van der Waals surface area contributed by atoms with Crippen molar-refractivity contribution in [1.82, 2.24) is 9.97 Å². The molecule has 2 aliphatic rings. The summed E-state index contributed by atoms with van der Waals surface area (Å²) in [6.07, 6.45) is 1.51. The lowest BCUT2D eigenvalue weighted by Gasteiger charge is -2.49. The van der Waals surface area contributed by atoms with Gasteiger partial charge in [-0.15, -0.1) is 11.3 Å². The predicted octanol–water partition coefficient (Wildman–Crippen LogP) is 4.18. The predicted molar refractivity (Wildman–Crippen MR) is 80.3 cm³/mol. The number of thiophene rings is 1. The Labute approximate surface area is 130 Å². The average Bonchev–Trinajstić information content (AvgIpc) is 2.99. The van der Waals surface area contributed by atoms with Crippen LogP contribution in [0.15, 0.2) is 12.4 Å². The van der Waals surface area contributed by atoms with E-state index in [1.807, 2.05) is 0 Å². The molecule has 0 amide bonds. The lowest BCUT2D eigenvalue weighted by atomic mass is 9.78. The molecule has 1 saturated heterocycles. The van der Waals surface area contributed by atoms with Gasteiger partial charge >= 0.3 is 6.18 Å². The Balaban J connectivity index is 1.61. The molecule has 0 atom stereocenters. The van der Waals surface area contributed by atoms with E-state index in [2.05, 4.69) is 14.9 Å². The zero-order valence-electron chi connectivity index (χ0n) is 12.0. The summed E-state index contributed by atoms with van der Waals surface area (Å²) in [5.41, 5.74) is 0.433. The molecule has 0 bridgehead atoms. The van der Waals surface area contributed by atoms with Crippen LogP contribution in [0.25, 0.3) is 10.2 Å². The second-order valence-corrected chi connectivity index (χ2v) is 7.60. The highest BCUT2D eigenvalue weighted by Crippen LogP contribution is 2.47. The van der Waals surface area contributed by atoms with E-state index in [0.29, 0.717) is 15.1 Å². The summed E-state index contributed by atoms with van der Waals surface area (Å²) < 4.78 is 37.7. The number of fused-ring (bicyclic) bond motifs is 1. The minimum atomic E-state index is -4.18. The third-order valence-corrected chi connectivity index (χ3v) is 5.79. The summed E-state index contributed by atoms with van der Waals surface area (Å²) in [6, 6.07) is 1.61. The van der Waals surface area contributed by atoms with E-state index in [1.54, 1.807) is 6.07 Å². The molecular formula is C15H16F3N3S. The lowest BCUT2D eigenvalue weighted by molar-refractivity contribution is -0.126. The first-order chi connectivity index (χ1) is 10.4. The Morgan fingerprint density at radius 2 is 1.91 bits per heavy atom. The zero-order chi connectivity index (χ0) is 15.4. The summed E-state index contributed by atoms with van der Waals surface area (Å²) in [6.45, 7) is 1.95. The van der Waals surface area contributed by atoms with Crippen LogP contribution >= 0.6 is 11.3 Å². The molecule has 2 fully saturated rings. The quantitative estimate of drug-likeness (QED) is 0.829. The van der Waals surface area contributed by atoms with Gasteiger partial charge in [-0.2, -0.15) is 13.2 Å². The second kappa shape index (κ2) is 4.81. The van der Waals surface area contributed by atoms with Gasteiger partial charge in [0, 0.05) is 23.4 Å². The van der Waals surface area contributed by atoms with Crippen LogP contribution in [0, 0.1) is 5.41 Å². The molecule has 118 valence electrons. The number of hydrogen-bond acceptors (Lipinski definition) is 4. The minimum Gasteiger partial charge on any atom is -0.355 e. The molecule has 0 aromatic carbocycles. The molecule has 2 aromatic rings. The highest BCUT2D eigenvalue weighted by molar-refractivity contribution is 7.18. The molecular weight excluding hydrogens is 311 g/mol. The van der Waals surface area contributed by atoms with Crippen LogP contribution in [0.2, 0.25) is 0 Å². The van der Waals surface area contributed by atoms with Crippen molar-refractivity contribution in [2.75, 3.05) is 18.0 Å². The summed E-state index contributed by atoms with van der Waals surface area (Å²) in [7, 11) is 0. The fraction of sp³-hybridized carbons (Fsp3) is 0.600. The van der Waals surface area contributed by atoms with Crippen molar-refractivity contribution in [2.24, 2.45) is 5.41 Å². The number of nitrogens with zero attached hydrogens (tertiary/aromatic N) is 3. The van der Waals surface area contributed by atoms with E-state index in [-0.39, 0.29) is 0 Å². The maximum Gasteiger partial charge on any atom is 0.393 e. The number of rotatable bonds is 2. The molecule has 1 saturated carbocycles. The van der Waals surface area contributed by atoms with Gasteiger partial charge in [0.15, 0.2) is 0 Å². The maximum atomic E-state index is 12.6. The van der Waals surface area contributed by atoms with Crippen LogP contribution in [-0.2, 0) is 6.42 Å². The van der Waals surface area contributed by atoms with Crippen molar-refractivity contribution in [3.05, 3.63) is 17.3 Å². The number of halogens is 3. The largest absolute Gasteiger partial charge is 0.393 e. The normalized spacial score (nSPS) is 20.8. The monoisotopic (exact) mass is 327 g/mol. The highest BCUT2D eigenvalue weighted by atomic mass is 32.1. The van der Waals surface area contributed by atoms with Gasteiger partial charge in [0.25, 0.3) is 0 Å². The standard InChI is InChI=1S/C15H16F3N3S/c16-15(17,18)6-10-5-11-12(19-9-20-13(11)22-10)21-7-14(8-21)3-1-2-4-14/h5,9H,1-4,6-8H2. The Morgan fingerprint density at radius 3 is 2.59 bits per heavy atom. The molecule has 0 N–H and O–H groups in total. The maximum absolute atomic E-state index is 12.6. The Kier molecular flexibility index (Phi) is 3.11. The number of aromatic nitrogens is 2. The summed E-state index contributed by atoms with van der Waals surface area (Å²) >= 11 is 1.12. The molecule has 3 heterocycles.